The molecular formula is C76H148O17P2. The Bertz CT molecular complexity index is 1810. The predicted molar refractivity (Wildman–Crippen MR) is 386 cm³/mol. The lowest BCUT2D eigenvalue weighted by atomic mass is 10.0. The molecule has 0 aliphatic rings. The molecule has 0 aromatic rings. The first kappa shape index (κ1) is 93.1. The number of aliphatic hydroxyl groups excluding tert-OH is 1. The maximum Gasteiger partial charge on any atom is 0.472 e. The van der Waals surface area contributed by atoms with Gasteiger partial charge in [0.1, 0.15) is 19.3 Å². The van der Waals surface area contributed by atoms with Crippen molar-refractivity contribution in [3.05, 3.63) is 0 Å². The van der Waals surface area contributed by atoms with Crippen LogP contribution in [0.25, 0.3) is 0 Å². The van der Waals surface area contributed by atoms with E-state index in [1.54, 1.807) is 0 Å². The highest BCUT2D eigenvalue weighted by Gasteiger charge is 2.30. The van der Waals surface area contributed by atoms with Gasteiger partial charge in [0.2, 0.25) is 0 Å². The molecule has 3 N–H and O–H groups in total. The highest BCUT2D eigenvalue weighted by Crippen LogP contribution is 2.45. The van der Waals surface area contributed by atoms with Gasteiger partial charge in [-0.25, -0.2) is 9.13 Å². The van der Waals surface area contributed by atoms with Crippen LogP contribution in [0.2, 0.25) is 0 Å². The molecule has 0 radical (unpaired) electrons. The summed E-state index contributed by atoms with van der Waals surface area (Å²) in [6.45, 7) is 4.96. The first-order valence-electron chi connectivity index (χ1n) is 39.8. The molecule has 0 fully saturated rings. The second-order valence-electron chi connectivity index (χ2n) is 27.4. The normalized spacial score (nSPS) is 13.9. The number of aliphatic hydroxyl groups is 1. The third-order valence-electron chi connectivity index (χ3n) is 17.9. The van der Waals surface area contributed by atoms with E-state index >= 15 is 0 Å². The molecule has 564 valence electrons. The van der Waals surface area contributed by atoms with Gasteiger partial charge in [-0.15, -0.1) is 0 Å². The van der Waals surface area contributed by atoms with Crippen molar-refractivity contribution in [3.8, 4) is 0 Å². The summed E-state index contributed by atoms with van der Waals surface area (Å²) in [4.78, 5) is 72.7. The molecule has 95 heavy (non-hydrogen) atoms. The van der Waals surface area contributed by atoms with Crippen molar-refractivity contribution >= 4 is 39.5 Å². The van der Waals surface area contributed by atoms with Crippen LogP contribution >= 0.6 is 15.6 Å². The van der Waals surface area contributed by atoms with Gasteiger partial charge < -0.3 is 33.8 Å². The molecule has 0 aliphatic carbocycles. The Morgan fingerprint density at radius 2 is 0.421 bits per heavy atom. The molecule has 0 saturated heterocycles. The number of esters is 4. The van der Waals surface area contributed by atoms with Gasteiger partial charge >= 0.3 is 39.5 Å². The van der Waals surface area contributed by atoms with Crippen molar-refractivity contribution in [2.45, 2.75) is 425 Å². The molecule has 0 bridgehead atoms. The number of unbranched alkanes of at least 4 members (excludes halogenated alkanes) is 51. The monoisotopic (exact) mass is 1400 g/mol. The van der Waals surface area contributed by atoms with Crippen LogP contribution in [-0.4, -0.2) is 96.7 Å². The van der Waals surface area contributed by atoms with E-state index in [0.29, 0.717) is 25.7 Å². The first-order valence-corrected chi connectivity index (χ1v) is 42.8. The van der Waals surface area contributed by atoms with E-state index in [0.717, 1.165) is 89.9 Å². The fourth-order valence-electron chi connectivity index (χ4n) is 11.8. The van der Waals surface area contributed by atoms with Gasteiger partial charge in [0.15, 0.2) is 12.2 Å². The molecule has 0 aromatic heterocycles. The average molecular weight is 1400 g/mol. The van der Waals surface area contributed by atoms with E-state index in [2.05, 4.69) is 27.7 Å². The number of phosphoric acid groups is 2. The summed E-state index contributed by atoms with van der Waals surface area (Å²) < 4.78 is 68.4. The van der Waals surface area contributed by atoms with Crippen LogP contribution in [0.15, 0.2) is 0 Å². The van der Waals surface area contributed by atoms with Gasteiger partial charge in [0.25, 0.3) is 0 Å². The molecule has 0 aromatic carbocycles. The average Bonchev–Trinajstić information content (AvgIpc) is 2.04. The molecule has 17 nitrogen and oxygen atoms in total. The van der Waals surface area contributed by atoms with Crippen LogP contribution in [0.1, 0.15) is 407 Å². The Kier molecular flexibility index (Phi) is 69.1. The Balaban J connectivity index is 5.16. The molecule has 0 saturated carbocycles. The van der Waals surface area contributed by atoms with Crippen molar-refractivity contribution in [1.29, 1.82) is 0 Å². The third-order valence-corrected chi connectivity index (χ3v) is 19.8. The predicted octanol–water partition coefficient (Wildman–Crippen LogP) is 22.6. The van der Waals surface area contributed by atoms with E-state index < -0.39 is 97.5 Å². The van der Waals surface area contributed by atoms with E-state index in [9.17, 15) is 43.2 Å². The molecule has 2 unspecified atom stereocenters. The maximum atomic E-state index is 13.1. The lowest BCUT2D eigenvalue weighted by Gasteiger charge is -2.21. The van der Waals surface area contributed by atoms with Crippen molar-refractivity contribution in [2.75, 3.05) is 39.6 Å². The van der Waals surface area contributed by atoms with Crippen LogP contribution in [0.4, 0.5) is 0 Å². The van der Waals surface area contributed by atoms with Crippen molar-refractivity contribution in [2.24, 2.45) is 0 Å². The number of carbonyl (C=O) groups excluding carboxylic acids is 4. The molecular weight excluding hydrogens is 1250 g/mol. The molecule has 5 atom stereocenters. The topological polar surface area (TPSA) is 237 Å². The lowest BCUT2D eigenvalue weighted by Crippen LogP contribution is -2.30. The van der Waals surface area contributed by atoms with Crippen molar-refractivity contribution < 1.29 is 80.2 Å². The van der Waals surface area contributed by atoms with Gasteiger partial charge in [0, 0.05) is 25.7 Å². The lowest BCUT2D eigenvalue weighted by molar-refractivity contribution is -0.161. The summed E-state index contributed by atoms with van der Waals surface area (Å²) in [6.07, 6.45) is 61.1. The Morgan fingerprint density at radius 3 is 0.621 bits per heavy atom. The fourth-order valence-corrected chi connectivity index (χ4v) is 13.3. The van der Waals surface area contributed by atoms with Crippen molar-refractivity contribution in [3.63, 3.8) is 0 Å². The standard InChI is InChI=1S/C76H148O17P2/c1-5-9-13-17-21-25-28-30-31-32-33-34-35-36-37-38-40-43-47-51-55-59-63-76(81)93-72(67-87-74(79)61-57-53-49-45-42-39-29-26-22-18-14-10-6-2)69-91-95(84,85)89-65-70(77)64-88-94(82,83)90-68-71(66-86-73(78)60-56-52-48-44-24-20-16-12-8-4)92-75(80)62-58-54-50-46-41-27-23-19-15-11-7-3/h70-72,77H,5-69H2,1-4H3,(H,82,83)(H,84,85)/t70-,71+,72+/m0/s1. The number of carbonyl (C=O) groups is 4. The van der Waals surface area contributed by atoms with Gasteiger partial charge in [-0.1, -0.05) is 355 Å². The summed E-state index contributed by atoms with van der Waals surface area (Å²) >= 11 is 0. The SMILES string of the molecule is CCCCCCCCCCCCCCCCCCCCCCCCC(=O)O[C@H](COC(=O)CCCCCCCCCCCCCCC)COP(=O)(O)OC[C@@H](O)COP(=O)(O)OC[C@@H](COC(=O)CCCCCCCCCCC)OC(=O)CCCCCCCCCCCCC. The Labute approximate surface area is 581 Å². The number of hydrogen-bond acceptors (Lipinski definition) is 15. The molecule has 0 heterocycles. The van der Waals surface area contributed by atoms with E-state index in [-0.39, 0.29) is 25.7 Å². The quantitative estimate of drug-likeness (QED) is 0.0222. The van der Waals surface area contributed by atoms with Crippen LogP contribution in [0.3, 0.4) is 0 Å². The summed E-state index contributed by atoms with van der Waals surface area (Å²) in [5.74, 6) is -2.11. The number of rotatable bonds is 77. The molecule has 0 aliphatic heterocycles. The van der Waals surface area contributed by atoms with Gasteiger partial charge in [-0.3, -0.25) is 37.3 Å². The molecule has 19 heteroatoms. The summed E-state index contributed by atoms with van der Waals surface area (Å²) in [5, 5.41) is 10.6. The van der Waals surface area contributed by atoms with E-state index in [1.165, 1.54) is 238 Å². The zero-order chi connectivity index (χ0) is 69.7. The largest absolute Gasteiger partial charge is 0.472 e. The minimum absolute atomic E-state index is 0.107. The molecule has 0 amide bonds. The number of phosphoric ester groups is 2. The van der Waals surface area contributed by atoms with Crippen LogP contribution in [-0.2, 0) is 65.4 Å². The van der Waals surface area contributed by atoms with Crippen LogP contribution in [0, 0.1) is 0 Å². The first-order chi connectivity index (χ1) is 46.2. The molecule has 0 rings (SSSR count). The summed E-state index contributed by atoms with van der Waals surface area (Å²) in [7, 11) is -9.90. The third kappa shape index (κ3) is 70.3. The minimum Gasteiger partial charge on any atom is -0.462 e. The molecule has 0 spiro atoms. The van der Waals surface area contributed by atoms with E-state index in [4.69, 9.17) is 37.0 Å². The summed E-state index contributed by atoms with van der Waals surface area (Å²) in [5.41, 5.74) is 0. The van der Waals surface area contributed by atoms with Crippen LogP contribution < -0.4 is 0 Å². The van der Waals surface area contributed by atoms with Gasteiger partial charge in [-0.05, 0) is 25.7 Å². The summed E-state index contributed by atoms with van der Waals surface area (Å²) in [6, 6.07) is 0. The zero-order valence-electron chi connectivity index (χ0n) is 61.6. The fraction of sp³-hybridized carbons (Fsp3) is 0.947. The second kappa shape index (κ2) is 70.5. The Morgan fingerprint density at radius 1 is 0.253 bits per heavy atom. The minimum atomic E-state index is -4.95. The van der Waals surface area contributed by atoms with Gasteiger partial charge in [0.05, 0.1) is 26.4 Å². The van der Waals surface area contributed by atoms with E-state index in [1.807, 2.05) is 0 Å². The van der Waals surface area contributed by atoms with Crippen LogP contribution in [0.5, 0.6) is 0 Å². The second-order valence-corrected chi connectivity index (χ2v) is 30.3. The highest BCUT2D eigenvalue weighted by molar-refractivity contribution is 7.47. The number of ether oxygens (including phenoxy) is 4. The Hall–Kier alpha value is -1.94. The number of hydrogen-bond donors (Lipinski definition) is 3. The highest BCUT2D eigenvalue weighted by atomic mass is 31.2. The van der Waals surface area contributed by atoms with Crippen molar-refractivity contribution in [1.82, 2.24) is 0 Å². The maximum absolute atomic E-state index is 13.1. The zero-order valence-corrected chi connectivity index (χ0v) is 63.4. The smallest absolute Gasteiger partial charge is 0.462 e. The van der Waals surface area contributed by atoms with Gasteiger partial charge in [-0.2, -0.15) is 0 Å².